The predicted octanol–water partition coefficient (Wildman–Crippen LogP) is 5.70. The maximum atomic E-state index is 5.55. The van der Waals surface area contributed by atoms with E-state index in [-0.39, 0.29) is 0 Å². The third kappa shape index (κ3) is 5.63. The van der Waals surface area contributed by atoms with Crippen molar-refractivity contribution >= 4 is 6.08 Å². The number of benzene rings is 3. The van der Waals surface area contributed by atoms with E-state index < -0.39 is 0 Å². The highest BCUT2D eigenvalue weighted by Crippen LogP contribution is 2.32. The Bertz CT molecular complexity index is 955. The summed E-state index contributed by atoms with van der Waals surface area (Å²) < 4.78 is 5.55. The highest BCUT2D eigenvalue weighted by molar-refractivity contribution is 5.48. The summed E-state index contributed by atoms with van der Waals surface area (Å²) in [6.45, 7) is 2.87. The molecule has 3 aromatic rings. The van der Waals surface area contributed by atoms with Crippen LogP contribution in [0.15, 0.2) is 91.0 Å². The van der Waals surface area contributed by atoms with E-state index in [2.05, 4.69) is 95.2 Å². The lowest BCUT2D eigenvalue weighted by Gasteiger charge is -2.42. The second-order valence-corrected chi connectivity index (χ2v) is 8.10. The van der Waals surface area contributed by atoms with Gasteiger partial charge in [-0.15, -0.1) is 0 Å². The van der Waals surface area contributed by atoms with E-state index in [1.54, 1.807) is 7.11 Å². The standard InChI is InChI=1S/C28H32N2O/c1-31-27-19-9-8-17-25(27)22-29-26-18-11-21-30(28(26)24-15-6-3-7-16-24)20-10-14-23-12-4-2-5-13-23/h2-10,12-17,19,26,28-29H,11,18,20-22H2,1H3/t26-,28-/m1/s1. The Morgan fingerprint density at radius 2 is 1.65 bits per heavy atom. The SMILES string of the molecule is COc1ccccc1CN[C@@H]1CCCN(CC=Cc2ccccc2)[C@@H]1c1ccccc1. The van der Waals surface area contributed by atoms with Crippen LogP contribution in [-0.4, -0.2) is 31.1 Å². The largest absolute Gasteiger partial charge is 0.496 e. The number of nitrogens with zero attached hydrogens (tertiary/aromatic N) is 1. The van der Waals surface area contributed by atoms with Gasteiger partial charge in [0.15, 0.2) is 0 Å². The fourth-order valence-corrected chi connectivity index (χ4v) is 4.56. The van der Waals surface area contributed by atoms with Gasteiger partial charge in [-0.25, -0.2) is 0 Å². The maximum Gasteiger partial charge on any atom is 0.123 e. The number of likely N-dealkylation sites (tertiary alicyclic amines) is 1. The Hall–Kier alpha value is -2.88. The predicted molar refractivity (Wildman–Crippen MR) is 129 cm³/mol. The second-order valence-electron chi connectivity index (χ2n) is 8.10. The van der Waals surface area contributed by atoms with Gasteiger partial charge in [-0.05, 0) is 36.6 Å². The monoisotopic (exact) mass is 412 g/mol. The molecule has 4 rings (SSSR count). The lowest BCUT2D eigenvalue weighted by Crippen LogP contribution is -2.48. The van der Waals surface area contributed by atoms with Gasteiger partial charge in [0.25, 0.3) is 0 Å². The lowest BCUT2D eigenvalue weighted by molar-refractivity contribution is 0.124. The van der Waals surface area contributed by atoms with E-state index in [1.807, 2.05) is 12.1 Å². The lowest BCUT2D eigenvalue weighted by atomic mass is 9.90. The number of para-hydroxylation sites is 1. The molecule has 0 bridgehead atoms. The maximum absolute atomic E-state index is 5.55. The Labute approximate surface area is 186 Å². The summed E-state index contributed by atoms with van der Waals surface area (Å²) in [7, 11) is 1.74. The number of hydrogen-bond acceptors (Lipinski definition) is 3. The third-order valence-electron chi connectivity index (χ3n) is 6.07. The Balaban J connectivity index is 1.50. The molecule has 1 aliphatic heterocycles. The van der Waals surface area contributed by atoms with Crippen molar-refractivity contribution in [2.24, 2.45) is 0 Å². The Morgan fingerprint density at radius 1 is 0.935 bits per heavy atom. The molecule has 0 radical (unpaired) electrons. The summed E-state index contributed by atoms with van der Waals surface area (Å²) >= 11 is 0. The van der Waals surface area contributed by atoms with Crippen molar-refractivity contribution in [3.63, 3.8) is 0 Å². The molecular weight excluding hydrogens is 380 g/mol. The number of nitrogens with one attached hydrogen (secondary N) is 1. The highest BCUT2D eigenvalue weighted by Gasteiger charge is 2.31. The zero-order valence-electron chi connectivity index (χ0n) is 18.3. The fraction of sp³-hybridized carbons (Fsp3) is 0.286. The van der Waals surface area contributed by atoms with E-state index in [0.29, 0.717) is 12.1 Å². The number of hydrogen-bond donors (Lipinski definition) is 1. The van der Waals surface area contributed by atoms with Gasteiger partial charge >= 0.3 is 0 Å². The van der Waals surface area contributed by atoms with E-state index in [0.717, 1.165) is 25.4 Å². The molecule has 1 heterocycles. The molecule has 1 N–H and O–H groups in total. The second kappa shape index (κ2) is 10.9. The molecule has 160 valence electrons. The van der Waals surface area contributed by atoms with Crippen LogP contribution < -0.4 is 10.1 Å². The molecule has 3 aromatic carbocycles. The van der Waals surface area contributed by atoms with Gasteiger partial charge < -0.3 is 10.1 Å². The van der Waals surface area contributed by atoms with Crippen molar-refractivity contribution in [3.05, 3.63) is 108 Å². The van der Waals surface area contributed by atoms with Crippen LogP contribution in [0.3, 0.4) is 0 Å². The first-order valence-electron chi connectivity index (χ1n) is 11.2. The van der Waals surface area contributed by atoms with Crippen LogP contribution in [0.1, 0.15) is 35.6 Å². The van der Waals surface area contributed by atoms with E-state index in [9.17, 15) is 0 Å². The summed E-state index contributed by atoms with van der Waals surface area (Å²) in [4.78, 5) is 2.61. The fourth-order valence-electron chi connectivity index (χ4n) is 4.56. The first-order valence-corrected chi connectivity index (χ1v) is 11.2. The molecule has 0 amide bonds. The zero-order valence-corrected chi connectivity index (χ0v) is 18.3. The van der Waals surface area contributed by atoms with Gasteiger partial charge in [0, 0.05) is 24.7 Å². The Kier molecular flexibility index (Phi) is 7.54. The normalized spacial score (nSPS) is 19.5. The quantitative estimate of drug-likeness (QED) is 0.513. The average Bonchev–Trinajstić information content (AvgIpc) is 2.84. The number of methoxy groups -OCH3 is 1. The van der Waals surface area contributed by atoms with E-state index in [4.69, 9.17) is 4.74 Å². The molecule has 1 saturated heterocycles. The van der Waals surface area contributed by atoms with Gasteiger partial charge in [-0.3, -0.25) is 4.90 Å². The zero-order chi connectivity index (χ0) is 21.3. The van der Waals surface area contributed by atoms with Crippen LogP contribution >= 0.6 is 0 Å². The molecule has 0 unspecified atom stereocenters. The van der Waals surface area contributed by atoms with Crippen molar-refractivity contribution in [1.29, 1.82) is 0 Å². The summed E-state index contributed by atoms with van der Waals surface area (Å²) in [5.41, 5.74) is 3.84. The van der Waals surface area contributed by atoms with Crippen molar-refractivity contribution < 1.29 is 4.74 Å². The molecule has 0 spiro atoms. The summed E-state index contributed by atoms with van der Waals surface area (Å²) in [5.74, 6) is 0.949. The smallest absolute Gasteiger partial charge is 0.123 e. The number of piperidine rings is 1. The summed E-state index contributed by atoms with van der Waals surface area (Å²) in [5, 5.41) is 3.85. The molecule has 3 heteroatoms. The topological polar surface area (TPSA) is 24.5 Å². The van der Waals surface area contributed by atoms with Crippen LogP contribution in [0.4, 0.5) is 0 Å². The molecule has 0 aliphatic carbocycles. The number of rotatable bonds is 8. The van der Waals surface area contributed by atoms with Crippen LogP contribution in [0, 0.1) is 0 Å². The molecule has 0 saturated carbocycles. The molecule has 2 atom stereocenters. The summed E-state index contributed by atoms with van der Waals surface area (Å²) in [6.07, 6.45) is 6.90. The van der Waals surface area contributed by atoms with E-state index in [1.165, 1.54) is 29.5 Å². The van der Waals surface area contributed by atoms with Crippen LogP contribution in [0.5, 0.6) is 5.75 Å². The highest BCUT2D eigenvalue weighted by atomic mass is 16.5. The van der Waals surface area contributed by atoms with Gasteiger partial charge in [0.1, 0.15) is 5.75 Å². The van der Waals surface area contributed by atoms with Crippen molar-refractivity contribution in [3.8, 4) is 5.75 Å². The van der Waals surface area contributed by atoms with E-state index >= 15 is 0 Å². The minimum Gasteiger partial charge on any atom is -0.496 e. The average molecular weight is 413 g/mol. The molecule has 31 heavy (non-hydrogen) atoms. The van der Waals surface area contributed by atoms with Crippen molar-refractivity contribution in [1.82, 2.24) is 10.2 Å². The van der Waals surface area contributed by atoms with Gasteiger partial charge in [-0.1, -0.05) is 91.0 Å². The number of ether oxygens (including phenoxy) is 1. The minimum atomic E-state index is 0.352. The first kappa shape index (κ1) is 21.4. The summed E-state index contributed by atoms with van der Waals surface area (Å²) in [6, 6.07) is 30.5. The Morgan fingerprint density at radius 3 is 2.42 bits per heavy atom. The van der Waals surface area contributed by atoms with Gasteiger partial charge in [0.2, 0.25) is 0 Å². The van der Waals surface area contributed by atoms with Crippen LogP contribution in [0.2, 0.25) is 0 Å². The minimum absolute atomic E-state index is 0.352. The first-order chi connectivity index (χ1) is 15.3. The van der Waals surface area contributed by atoms with Gasteiger partial charge in [-0.2, -0.15) is 0 Å². The molecule has 1 aliphatic rings. The van der Waals surface area contributed by atoms with Crippen molar-refractivity contribution in [2.75, 3.05) is 20.2 Å². The van der Waals surface area contributed by atoms with Crippen molar-refractivity contribution in [2.45, 2.75) is 31.5 Å². The third-order valence-corrected chi connectivity index (χ3v) is 6.07. The van der Waals surface area contributed by atoms with Crippen LogP contribution in [-0.2, 0) is 6.54 Å². The molecular formula is C28H32N2O. The molecule has 1 fully saturated rings. The van der Waals surface area contributed by atoms with Gasteiger partial charge in [0.05, 0.1) is 13.2 Å². The molecule has 0 aromatic heterocycles. The van der Waals surface area contributed by atoms with Crippen LogP contribution in [0.25, 0.3) is 6.08 Å². The molecule has 3 nitrogen and oxygen atoms in total.